The van der Waals surface area contributed by atoms with Gasteiger partial charge in [-0.05, 0) is 62.5 Å². The Bertz CT molecular complexity index is 502. The third-order valence-electron chi connectivity index (χ3n) is 4.39. The Morgan fingerprint density at radius 3 is 2.71 bits per heavy atom. The number of rotatable bonds is 6. The first-order chi connectivity index (χ1) is 11.2. The predicted octanol–water partition coefficient (Wildman–Crippen LogP) is 3.23. The highest BCUT2D eigenvalue weighted by Gasteiger charge is 2.14. The minimum Gasteiger partial charge on any atom is -0.356 e. The van der Waals surface area contributed by atoms with Crippen molar-refractivity contribution in [3.8, 4) is 0 Å². The van der Waals surface area contributed by atoms with Crippen LogP contribution in [0.3, 0.4) is 0 Å². The molecule has 0 aromatic heterocycles. The van der Waals surface area contributed by atoms with Crippen LogP contribution in [-0.2, 0) is 6.54 Å². The number of nitrogens with zero attached hydrogens (tertiary/aromatic N) is 2. The highest BCUT2D eigenvalue weighted by Crippen LogP contribution is 2.15. The van der Waals surface area contributed by atoms with E-state index >= 15 is 0 Å². The van der Waals surface area contributed by atoms with E-state index in [1.165, 1.54) is 38.1 Å². The summed E-state index contributed by atoms with van der Waals surface area (Å²) in [7, 11) is 1.76. The summed E-state index contributed by atoms with van der Waals surface area (Å²) in [4.78, 5) is 6.75. The van der Waals surface area contributed by atoms with Crippen molar-refractivity contribution in [3.63, 3.8) is 0 Å². The van der Waals surface area contributed by atoms with E-state index < -0.39 is 0 Å². The van der Waals surface area contributed by atoms with E-state index in [1.807, 2.05) is 6.07 Å². The molecule has 1 aliphatic heterocycles. The summed E-state index contributed by atoms with van der Waals surface area (Å²) >= 11 is 0. The van der Waals surface area contributed by atoms with Crippen LogP contribution >= 0.6 is 24.0 Å². The van der Waals surface area contributed by atoms with Crippen molar-refractivity contribution >= 4 is 29.9 Å². The second kappa shape index (κ2) is 11.6. The maximum absolute atomic E-state index is 13.1. The predicted molar refractivity (Wildman–Crippen MR) is 109 cm³/mol. The van der Waals surface area contributed by atoms with Gasteiger partial charge in [-0.3, -0.25) is 4.99 Å². The highest BCUT2D eigenvalue weighted by molar-refractivity contribution is 14.0. The molecule has 2 rings (SSSR count). The van der Waals surface area contributed by atoms with Crippen LogP contribution in [0, 0.1) is 11.7 Å². The molecule has 0 spiro atoms. The molecule has 0 unspecified atom stereocenters. The number of benzene rings is 1. The number of hydrogen-bond acceptors (Lipinski definition) is 2. The van der Waals surface area contributed by atoms with Crippen LogP contribution in [0.25, 0.3) is 0 Å². The second-order valence-corrected chi connectivity index (χ2v) is 6.36. The molecule has 0 bridgehead atoms. The molecule has 1 aromatic rings. The minimum atomic E-state index is -0.205. The maximum Gasteiger partial charge on any atom is 0.191 e. The van der Waals surface area contributed by atoms with Gasteiger partial charge in [0.2, 0.25) is 0 Å². The lowest BCUT2D eigenvalue weighted by Gasteiger charge is -2.30. The molecule has 0 saturated carbocycles. The standard InChI is InChI=1S/C18H29FN4.HI/c1-15-7-11-23(12-8-15)10-4-9-21-18(20-2)22-14-16-5-3-6-17(19)13-16;/h3,5-6,13,15H,4,7-12,14H2,1-2H3,(H2,20,21,22);1H. The van der Waals surface area contributed by atoms with Gasteiger partial charge >= 0.3 is 0 Å². The van der Waals surface area contributed by atoms with Crippen molar-refractivity contribution in [2.24, 2.45) is 10.9 Å². The minimum absolute atomic E-state index is 0. The van der Waals surface area contributed by atoms with E-state index in [4.69, 9.17) is 0 Å². The van der Waals surface area contributed by atoms with Gasteiger partial charge in [0.25, 0.3) is 0 Å². The molecule has 0 aliphatic carbocycles. The van der Waals surface area contributed by atoms with Gasteiger partial charge in [0.1, 0.15) is 5.82 Å². The Labute approximate surface area is 162 Å². The molecule has 0 amide bonds. The van der Waals surface area contributed by atoms with E-state index in [0.717, 1.165) is 37.0 Å². The number of hydrogen-bond donors (Lipinski definition) is 2. The molecule has 6 heteroatoms. The topological polar surface area (TPSA) is 39.7 Å². The zero-order valence-corrected chi connectivity index (χ0v) is 17.1. The number of guanidine groups is 1. The lowest BCUT2D eigenvalue weighted by molar-refractivity contribution is 0.191. The largest absolute Gasteiger partial charge is 0.356 e. The lowest BCUT2D eigenvalue weighted by atomic mass is 9.99. The molecule has 1 saturated heterocycles. The molecular formula is C18H30FIN4. The normalized spacial score (nSPS) is 16.5. The molecule has 2 N–H and O–H groups in total. The fourth-order valence-electron chi connectivity index (χ4n) is 2.85. The summed E-state index contributed by atoms with van der Waals surface area (Å²) in [5, 5.41) is 6.54. The van der Waals surface area contributed by atoms with E-state index in [0.29, 0.717) is 6.54 Å². The van der Waals surface area contributed by atoms with Gasteiger partial charge in [0.05, 0.1) is 0 Å². The van der Waals surface area contributed by atoms with E-state index in [1.54, 1.807) is 13.1 Å². The maximum atomic E-state index is 13.1. The monoisotopic (exact) mass is 448 g/mol. The third-order valence-corrected chi connectivity index (χ3v) is 4.39. The molecule has 1 aliphatic rings. The molecule has 1 aromatic carbocycles. The Morgan fingerprint density at radius 2 is 2.04 bits per heavy atom. The summed E-state index contributed by atoms with van der Waals surface area (Å²) in [5.41, 5.74) is 0.912. The van der Waals surface area contributed by atoms with Crippen LogP contribution in [0.4, 0.5) is 4.39 Å². The summed E-state index contributed by atoms with van der Waals surface area (Å²) in [6.45, 7) is 7.41. The SMILES string of the molecule is CN=C(NCCCN1CCC(C)CC1)NCc1cccc(F)c1.I. The summed E-state index contributed by atoms with van der Waals surface area (Å²) < 4.78 is 13.1. The highest BCUT2D eigenvalue weighted by atomic mass is 127. The smallest absolute Gasteiger partial charge is 0.191 e. The van der Waals surface area contributed by atoms with E-state index in [2.05, 4.69) is 27.4 Å². The molecule has 4 nitrogen and oxygen atoms in total. The van der Waals surface area contributed by atoms with E-state index in [-0.39, 0.29) is 29.8 Å². The van der Waals surface area contributed by atoms with Crippen LogP contribution in [0.5, 0.6) is 0 Å². The third kappa shape index (κ3) is 7.79. The van der Waals surface area contributed by atoms with Gasteiger partial charge in [0.15, 0.2) is 5.96 Å². The quantitative estimate of drug-likeness (QED) is 0.304. The van der Waals surface area contributed by atoms with Gasteiger partial charge < -0.3 is 15.5 Å². The van der Waals surface area contributed by atoms with E-state index in [9.17, 15) is 4.39 Å². The van der Waals surface area contributed by atoms with Crippen molar-refractivity contribution < 1.29 is 4.39 Å². The van der Waals surface area contributed by atoms with Crippen LogP contribution in [0.2, 0.25) is 0 Å². The summed E-state index contributed by atoms with van der Waals surface area (Å²) in [6, 6.07) is 6.62. The van der Waals surface area contributed by atoms with Crippen LogP contribution in [0.1, 0.15) is 31.7 Å². The van der Waals surface area contributed by atoms with Gasteiger partial charge in [0, 0.05) is 20.1 Å². The zero-order chi connectivity index (χ0) is 16.5. The Morgan fingerprint density at radius 1 is 1.29 bits per heavy atom. The number of halogens is 2. The second-order valence-electron chi connectivity index (χ2n) is 6.36. The van der Waals surface area contributed by atoms with Crippen LogP contribution in [0.15, 0.2) is 29.3 Å². The fraction of sp³-hybridized carbons (Fsp3) is 0.611. The van der Waals surface area contributed by atoms with Crippen molar-refractivity contribution in [2.45, 2.75) is 32.7 Å². The molecular weight excluding hydrogens is 418 g/mol. The fourth-order valence-corrected chi connectivity index (χ4v) is 2.85. The first kappa shape index (κ1) is 21.2. The molecule has 24 heavy (non-hydrogen) atoms. The molecule has 136 valence electrons. The Kier molecular flexibility index (Phi) is 10.2. The van der Waals surface area contributed by atoms with Crippen molar-refractivity contribution in [2.75, 3.05) is 33.2 Å². The molecule has 1 heterocycles. The number of likely N-dealkylation sites (tertiary alicyclic amines) is 1. The van der Waals surface area contributed by atoms with Gasteiger partial charge in [-0.2, -0.15) is 0 Å². The van der Waals surface area contributed by atoms with Crippen LogP contribution in [-0.4, -0.2) is 44.1 Å². The molecule has 1 fully saturated rings. The summed E-state index contributed by atoms with van der Waals surface area (Å²) in [6.07, 6.45) is 3.75. The average molecular weight is 448 g/mol. The van der Waals surface area contributed by atoms with Gasteiger partial charge in [-0.15, -0.1) is 24.0 Å². The molecule has 0 radical (unpaired) electrons. The lowest BCUT2D eigenvalue weighted by Crippen LogP contribution is -2.39. The van der Waals surface area contributed by atoms with Crippen molar-refractivity contribution in [3.05, 3.63) is 35.6 Å². The van der Waals surface area contributed by atoms with Crippen molar-refractivity contribution in [1.82, 2.24) is 15.5 Å². The number of aliphatic imine (C=N–C) groups is 1. The first-order valence-corrected chi connectivity index (χ1v) is 8.58. The van der Waals surface area contributed by atoms with Gasteiger partial charge in [-0.25, -0.2) is 4.39 Å². The van der Waals surface area contributed by atoms with Crippen LogP contribution < -0.4 is 10.6 Å². The summed E-state index contributed by atoms with van der Waals surface area (Å²) in [5.74, 6) is 1.44. The molecule has 0 atom stereocenters. The number of piperidine rings is 1. The van der Waals surface area contributed by atoms with Gasteiger partial charge in [-0.1, -0.05) is 19.1 Å². The Balaban J connectivity index is 0.00000288. The number of nitrogens with one attached hydrogen (secondary N) is 2. The zero-order valence-electron chi connectivity index (χ0n) is 14.7. The average Bonchev–Trinajstić information content (AvgIpc) is 2.56. The Hall–Kier alpha value is -0.890. The van der Waals surface area contributed by atoms with Crippen molar-refractivity contribution in [1.29, 1.82) is 0 Å². The first-order valence-electron chi connectivity index (χ1n) is 8.58.